The molecule has 0 radical (unpaired) electrons. The van der Waals surface area contributed by atoms with Crippen LogP contribution < -0.4 is 0 Å². The van der Waals surface area contributed by atoms with Crippen molar-refractivity contribution in [2.24, 2.45) is 0 Å². The maximum Gasteiger partial charge on any atom is 0.166 e. The molecule has 2 aromatic carbocycles. The number of para-hydroxylation sites is 1. The summed E-state index contributed by atoms with van der Waals surface area (Å²) >= 11 is 0. The highest BCUT2D eigenvalue weighted by molar-refractivity contribution is 5.82. The Morgan fingerprint density at radius 3 is 2.62 bits per heavy atom. The van der Waals surface area contributed by atoms with Gasteiger partial charge in [-0.2, -0.15) is 5.10 Å². The van der Waals surface area contributed by atoms with Crippen molar-refractivity contribution in [3.8, 4) is 22.6 Å². The normalized spacial score (nSPS) is 10.5. The molecule has 0 spiro atoms. The van der Waals surface area contributed by atoms with Gasteiger partial charge in [-0.3, -0.25) is 4.79 Å². The average molecular weight is 282 g/mol. The maximum absolute atomic E-state index is 13.6. The summed E-state index contributed by atoms with van der Waals surface area (Å²) in [5.74, 6) is -1.47. The van der Waals surface area contributed by atoms with Crippen molar-refractivity contribution in [2.75, 3.05) is 0 Å². The van der Waals surface area contributed by atoms with Crippen LogP contribution in [-0.2, 0) is 0 Å². The van der Waals surface area contributed by atoms with Gasteiger partial charge >= 0.3 is 0 Å². The predicted octanol–water partition coefficient (Wildman–Crippen LogP) is 3.20. The number of nitrogens with zero attached hydrogens (tertiary/aromatic N) is 2. The first-order valence-electron chi connectivity index (χ1n) is 6.27. The van der Waals surface area contributed by atoms with Gasteiger partial charge in [0, 0.05) is 11.8 Å². The van der Waals surface area contributed by atoms with E-state index in [2.05, 4.69) is 5.10 Å². The molecule has 1 aromatic heterocycles. The van der Waals surface area contributed by atoms with Gasteiger partial charge < -0.3 is 5.11 Å². The number of aromatic nitrogens is 2. The highest BCUT2D eigenvalue weighted by atomic mass is 19.1. The zero-order chi connectivity index (χ0) is 14.8. The summed E-state index contributed by atoms with van der Waals surface area (Å²) < 4.78 is 15.3. The minimum Gasteiger partial charge on any atom is -0.504 e. The van der Waals surface area contributed by atoms with Crippen molar-refractivity contribution in [3.63, 3.8) is 0 Å². The van der Waals surface area contributed by atoms with E-state index in [9.17, 15) is 14.3 Å². The predicted molar refractivity (Wildman–Crippen MR) is 76.0 cm³/mol. The fraction of sp³-hybridized carbons (Fsp3) is 0. The molecular weight excluding hydrogens is 271 g/mol. The second kappa shape index (κ2) is 5.20. The Labute approximate surface area is 120 Å². The third kappa shape index (κ3) is 2.41. The van der Waals surface area contributed by atoms with Crippen LogP contribution in [0.2, 0.25) is 0 Å². The Kier molecular flexibility index (Phi) is 3.23. The monoisotopic (exact) mass is 282 g/mol. The Morgan fingerprint density at radius 1 is 1.14 bits per heavy atom. The topological polar surface area (TPSA) is 55.1 Å². The summed E-state index contributed by atoms with van der Waals surface area (Å²) in [7, 11) is 0. The van der Waals surface area contributed by atoms with Gasteiger partial charge in [-0.25, -0.2) is 9.07 Å². The lowest BCUT2D eigenvalue weighted by atomic mass is 10.1. The van der Waals surface area contributed by atoms with Crippen LogP contribution in [0.1, 0.15) is 10.4 Å². The van der Waals surface area contributed by atoms with E-state index >= 15 is 0 Å². The van der Waals surface area contributed by atoms with Gasteiger partial charge in [-0.15, -0.1) is 0 Å². The van der Waals surface area contributed by atoms with E-state index in [1.807, 2.05) is 30.3 Å². The van der Waals surface area contributed by atoms with Gasteiger partial charge in [0.15, 0.2) is 17.9 Å². The molecule has 1 N–H and O–H groups in total. The highest BCUT2D eigenvalue weighted by Crippen LogP contribution is 2.28. The van der Waals surface area contributed by atoms with Crippen LogP contribution in [0.15, 0.2) is 54.9 Å². The molecule has 0 fully saturated rings. The van der Waals surface area contributed by atoms with E-state index < -0.39 is 11.6 Å². The van der Waals surface area contributed by atoms with Crippen LogP contribution in [-0.4, -0.2) is 21.2 Å². The van der Waals surface area contributed by atoms with E-state index in [0.717, 1.165) is 5.69 Å². The van der Waals surface area contributed by atoms with Crippen LogP contribution >= 0.6 is 0 Å². The lowest BCUT2D eigenvalue weighted by molar-refractivity contribution is 0.112. The molecule has 4 nitrogen and oxygen atoms in total. The van der Waals surface area contributed by atoms with Crippen molar-refractivity contribution < 1.29 is 14.3 Å². The second-order valence-electron chi connectivity index (χ2n) is 4.52. The Balaban J connectivity index is 2.05. The van der Waals surface area contributed by atoms with E-state index in [1.165, 1.54) is 12.1 Å². The van der Waals surface area contributed by atoms with Gasteiger partial charge in [0.25, 0.3) is 0 Å². The zero-order valence-electron chi connectivity index (χ0n) is 10.9. The van der Waals surface area contributed by atoms with Crippen LogP contribution in [0.25, 0.3) is 16.8 Å². The van der Waals surface area contributed by atoms with Crippen molar-refractivity contribution in [1.82, 2.24) is 9.78 Å². The fourth-order valence-electron chi connectivity index (χ4n) is 2.07. The number of aldehydes is 1. The molecule has 0 amide bonds. The molecule has 0 saturated carbocycles. The minimum absolute atomic E-state index is 0.0857. The van der Waals surface area contributed by atoms with Gasteiger partial charge in [0.05, 0.1) is 17.4 Å². The Morgan fingerprint density at radius 2 is 1.90 bits per heavy atom. The molecule has 0 saturated heterocycles. The Hall–Kier alpha value is -2.95. The number of phenolic OH excluding ortho intramolecular Hbond substituents is 1. The second-order valence-corrected chi connectivity index (χ2v) is 4.52. The summed E-state index contributed by atoms with van der Waals surface area (Å²) in [5.41, 5.74) is 1.92. The first-order chi connectivity index (χ1) is 10.2. The quantitative estimate of drug-likeness (QED) is 0.750. The molecule has 3 rings (SSSR count). The third-order valence-corrected chi connectivity index (χ3v) is 3.16. The Bertz CT molecular complexity index is 797. The molecule has 21 heavy (non-hydrogen) atoms. The zero-order valence-corrected chi connectivity index (χ0v) is 10.9. The molecule has 104 valence electrons. The maximum atomic E-state index is 13.6. The lowest BCUT2D eigenvalue weighted by Gasteiger charge is -2.03. The van der Waals surface area contributed by atoms with Gasteiger partial charge in [-0.05, 0) is 29.8 Å². The van der Waals surface area contributed by atoms with Crippen molar-refractivity contribution in [1.29, 1.82) is 0 Å². The summed E-state index contributed by atoms with van der Waals surface area (Å²) in [6, 6.07) is 12.1. The number of carbonyl (C=O) groups is 1. The molecule has 3 aromatic rings. The van der Waals surface area contributed by atoms with Crippen LogP contribution in [0.4, 0.5) is 4.39 Å². The van der Waals surface area contributed by atoms with Crippen LogP contribution in [0.5, 0.6) is 5.75 Å². The molecular formula is C16H11FN2O2. The molecule has 0 atom stereocenters. The van der Waals surface area contributed by atoms with Gasteiger partial charge in [0.2, 0.25) is 0 Å². The fourth-order valence-corrected chi connectivity index (χ4v) is 2.07. The van der Waals surface area contributed by atoms with E-state index in [0.29, 0.717) is 17.4 Å². The standard InChI is InChI=1S/C16H11FN2O2/c17-15-7-11(6-12(10-20)16(15)21)13-8-18-19(9-13)14-4-2-1-3-5-14/h1-10,21H. The van der Waals surface area contributed by atoms with Crippen molar-refractivity contribution in [2.45, 2.75) is 0 Å². The number of benzene rings is 2. The average Bonchev–Trinajstić information content (AvgIpc) is 3.00. The minimum atomic E-state index is -0.831. The van der Waals surface area contributed by atoms with E-state index in [4.69, 9.17) is 0 Å². The molecule has 5 heteroatoms. The third-order valence-electron chi connectivity index (χ3n) is 3.16. The number of hydrogen-bond acceptors (Lipinski definition) is 3. The molecule has 0 aliphatic heterocycles. The molecule has 0 bridgehead atoms. The van der Waals surface area contributed by atoms with Crippen LogP contribution in [0, 0.1) is 5.82 Å². The summed E-state index contributed by atoms with van der Waals surface area (Å²) in [6.45, 7) is 0. The molecule has 0 aliphatic carbocycles. The summed E-state index contributed by atoms with van der Waals surface area (Å²) in [5, 5.41) is 13.6. The number of halogens is 1. The summed E-state index contributed by atoms with van der Waals surface area (Å²) in [6.07, 6.45) is 3.73. The number of hydrogen-bond donors (Lipinski definition) is 1. The van der Waals surface area contributed by atoms with E-state index in [-0.39, 0.29) is 5.56 Å². The molecule has 0 aliphatic rings. The summed E-state index contributed by atoms with van der Waals surface area (Å²) in [4.78, 5) is 10.8. The number of rotatable bonds is 3. The van der Waals surface area contributed by atoms with Gasteiger partial charge in [-0.1, -0.05) is 18.2 Å². The first-order valence-corrected chi connectivity index (χ1v) is 6.27. The smallest absolute Gasteiger partial charge is 0.166 e. The number of aromatic hydroxyl groups is 1. The number of phenols is 1. The largest absolute Gasteiger partial charge is 0.504 e. The highest BCUT2D eigenvalue weighted by Gasteiger charge is 2.12. The molecule has 0 unspecified atom stereocenters. The molecule has 1 heterocycles. The van der Waals surface area contributed by atoms with Crippen LogP contribution in [0.3, 0.4) is 0 Å². The van der Waals surface area contributed by atoms with Gasteiger partial charge in [0.1, 0.15) is 0 Å². The lowest BCUT2D eigenvalue weighted by Crippen LogP contribution is -1.92. The van der Waals surface area contributed by atoms with E-state index in [1.54, 1.807) is 17.1 Å². The van der Waals surface area contributed by atoms with Crippen molar-refractivity contribution >= 4 is 6.29 Å². The SMILES string of the molecule is O=Cc1cc(-c2cnn(-c3ccccc3)c2)cc(F)c1O. The first kappa shape index (κ1) is 13.1. The van der Waals surface area contributed by atoms with Crippen molar-refractivity contribution in [3.05, 3.63) is 66.2 Å². The number of carbonyl (C=O) groups excluding carboxylic acids is 1.